The molecule has 8 heteroatoms. The minimum atomic E-state index is -4.41. The van der Waals surface area contributed by atoms with Crippen molar-refractivity contribution in [2.75, 3.05) is 19.6 Å². The third-order valence-corrected chi connectivity index (χ3v) is 3.89. The number of rotatable bonds is 3. The summed E-state index contributed by atoms with van der Waals surface area (Å²) < 4.78 is 41.6. The van der Waals surface area contributed by atoms with Gasteiger partial charge in [-0.15, -0.1) is 0 Å². The maximum atomic E-state index is 12.4. The third kappa shape index (κ3) is 4.49. The lowest BCUT2D eigenvalue weighted by molar-refractivity contribution is -0.141. The van der Waals surface area contributed by atoms with Crippen molar-refractivity contribution < 1.29 is 27.2 Å². The van der Waals surface area contributed by atoms with E-state index in [9.17, 15) is 22.8 Å². The van der Waals surface area contributed by atoms with Crippen molar-refractivity contribution in [1.82, 2.24) is 10.2 Å². The van der Waals surface area contributed by atoms with Gasteiger partial charge in [-0.25, -0.2) is 0 Å². The number of amides is 2. The second-order valence-corrected chi connectivity index (χ2v) is 5.73. The molecule has 1 fully saturated rings. The molecule has 1 aliphatic heterocycles. The summed E-state index contributed by atoms with van der Waals surface area (Å²) in [4.78, 5) is 25.7. The molecule has 1 aromatic rings. The molecule has 0 saturated carbocycles. The molecular weight excluding hydrogens is 313 g/mol. The molecule has 1 N–H and O–H groups in total. The molecule has 2 amide bonds. The number of halogens is 3. The highest BCUT2D eigenvalue weighted by Crippen LogP contribution is 2.22. The van der Waals surface area contributed by atoms with E-state index in [1.54, 1.807) is 24.8 Å². The summed E-state index contributed by atoms with van der Waals surface area (Å²) in [7, 11) is 0. The zero-order valence-electron chi connectivity index (χ0n) is 13.0. The second-order valence-electron chi connectivity index (χ2n) is 5.73. The Labute approximate surface area is 131 Å². The van der Waals surface area contributed by atoms with Gasteiger partial charge in [0.25, 0.3) is 5.91 Å². The summed E-state index contributed by atoms with van der Waals surface area (Å²) in [6.45, 7) is 2.82. The number of carbonyl (C=O) groups excluding carboxylic acids is 2. The smallest absolute Gasteiger partial charge is 0.405 e. The van der Waals surface area contributed by atoms with Crippen LogP contribution < -0.4 is 5.32 Å². The normalized spacial score (nSPS) is 16.5. The van der Waals surface area contributed by atoms with E-state index in [2.05, 4.69) is 0 Å². The van der Waals surface area contributed by atoms with Crippen LogP contribution in [0.4, 0.5) is 13.2 Å². The predicted octanol–water partition coefficient (Wildman–Crippen LogP) is 2.43. The molecule has 0 spiro atoms. The molecule has 0 aliphatic carbocycles. The van der Waals surface area contributed by atoms with Crippen molar-refractivity contribution >= 4 is 11.8 Å². The average molecular weight is 332 g/mol. The number of likely N-dealkylation sites (tertiary alicyclic amines) is 1. The van der Waals surface area contributed by atoms with E-state index in [0.717, 1.165) is 0 Å². The van der Waals surface area contributed by atoms with Crippen LogP contribution in [0.1, 0.15) is 34.7 Å². The Bertz CT molecular complexity index is 587. The van der Waals surface area contributed by atoms with Crippen LogP contribution >= 0.6 is 0 Å². The van der Waals surface area contributed by atoms with Crippen LogP contribution in [0.2, 0.25) is 0 Å². The maximum Gasteiger partial charge on any atom is 0.405 e. The minimum absolute atomic E-state index is 0.173. The van der Waals surface area contributed by atoms with Crippen molar-refractivity contribution in [2.45, 2.75) is 32.9 Å². The number of hydrogen-bond acceptors (Lipinski definition) is 3. The first-order chi connectivity index (χ1) is 10.7. The highest BCUT2D eigenvalue weighted by atomic mass is 19.4. The molecule has 1 aliphatic rings. The number of carbonyl (C=O) groups is 2. The van der Waals surface area contributed by atoms with Crippen molar-refractivity contribution in [3.63, 3.8) is 0 Å². The molecule has 0 atom stereocenters. The van der Waals surface area contributed by atoms with E-state index >= 15 is 0 Å². The molecule has 1 saturated heterocycles. The second kappa shape index (κ2) is 6.64. The molecular formula is C15H19F3N2O3. The summed E-state index contributed by atoms with van der Waals surface area (Å²) in [5.41, 5.74) is 0.488. The van der Waals surface area contributed by atoms with Gasteiger partial charge in [-0.2, -0.15) is 13.2 Å². The van der Waals surface area contributed by atoms with Gasteiger partial charge in [0.15, 0.2) is 0 Å². The number of alkyl halides is 3. The van der Waals surface area contributed by atoms with Crippen LogP contribution in [0.5, 0.6) is 0 Å². The minimum Gasteiger partial charge on any atom is -0.466 e. The van der Waals surface area contributed by atoms with Crippen molar-refractivity contribution in [3.8, 4) is 0 Å². The highest BCUT2D eigenvalue weighted by molar-refractivity contribution is 5.95. The fraction of sp³-hybridized carbons (Fsp3) is 0.600. The summed E-state index contributed by atoms with van der Waals surface area (Å²) in [6, 6.07) is 1.67. The van der Waals surface area contributed by atoms with E-state index in [4.69, 9.17) is 4.42 Å². The molecule has 0 bridgehead atoms. The van der Waals surface area contributed by atoms with Crippen molar-refractivity contribution in [3.05, 3.63) is 23.2 Å². The lowest BCUT2D eigenvalue weighted by Crippen LogP contribution is -2.44. The molecule has 2 heterocycles. The molecule has 0 radical (unpaired) electrons. The summed E-state index contributed by atoms with van der Waals surface area (Å²) >= 11 is 0. The highest BCUT2D eigenvalue weighted by Gasteiger charge is 2.32. The Morgan fingerprint density at radius 2 is 1.91 bits per heavy atom. The van der Waals surface area contributed by atoms with Crippen LogP contribution in [-0.4, -0.2) is 42.5 Å². The van der Waals surface area contributed by atoms with Gasteiger partial charge < -0.3 is 14.6 Å². The Kier molecular flexibility index (Phi) is 5.01. The summed E-state index contributed by atoms with van der Waals surface area (Å²) in [6.07, 6.45) is -3.71. The van der Waals surface area contributed by atoms with Gasteiger partial charge in [-0.1, -0.05) is 0 Å². The van der Waals surface area contributed by atoms with E-state index in [1.165, 1.54) is 0 Å². The Morgan fingerprint density at radius 3 is 2.39 bits per heavy atom. The fourth-order valence-electron chi connectivity index (χ4n) is 2.69. The average Bonchev–Trinajstić information content (AvgIpc) is 2.82. The first kappa shape index (κ1) is 17.4. The number of aryl methyl sites for hydroxylation is 2. The first-order valence-corrected chi connectivity index (χ1v) is 7.38. The molecule has 1 aromatic heterocycles. The molecule has 5 nitrogen and oxygen atoms in total. The first-order valence-electron chi connectivity index (χ1n) is 7.38. The SMILES string of the molecule is Cc1cc(C(=O)N2CCC(C(=O)NCC(F)(F)F)CC2)c(C)o1. The van der Waals surface area contributed by atoms with E-state index < -0.39 is 24.5 Å². The Hall–Kier alpha value is -1.99. The largest absolute Gasteiger partial charge is 0.466 e. The molecule has 23 heavy (non-hydrogen) atoms. The number of nitrogens with one attached hydrogen (secondary N) is 1. The molecule has 0 unspecified atom stereocenters. The Balaban J connectivity index is 1.87. The standard InChI is InChI=1S/C15H19F3N2O3/c1-9-7-12(10(2)23-9)14(22)20-5-3-11(4-6-20)13(21)19-8-15(16,17)18/h7,11H,3-6,8H2,1-2H3,(H,19,21). The monoisotopic (exact) mass is 332 g/mol. The van der Waals surface area contributed by atoms with Crippen LogP contribution in [0.15, 0.2) is 10.5 Å². The molecule has 128 valence electrons. The lowest BCUT2D eigenvalue weighted by Gasteiger charge is -2.31. The van der Waals surface area contributed by atoms with Gasteiger partial charge in [0.05, 0.1) is 5.56 Å². The van der Waals surface area contributed by atoms with E-state index in [1.807, 2.05) is 5.32 Å². The topological polar surface area (TPSA) is 62.6 Å². The number of nitrogens with zero attached hydrogens (tertiary/aromatic N) is 1. The predicted molar refractivity (Wildman–Crippen MR) is 75.9 cm³/mol. The van der Waals surface area contributed by atoms with E-state index in [-0.39, 0.29) is 5.91 Å². The zero-order chi connectivity index (χ0) is 17.2. The van der Waals surface area contributed by atoms with Gasteiger partial charge in [0, 0.05) is 19.0 Å². The number of piperidine rings is 1. The molecule has 2 rings (SSSR count). The third-order valence-electron chi connectivity index (χ3n) is 3.89. The van der Waals surface area contributed by atoms with Crippen LogP contribution in [0, 0.1) is 19.8 Å². The zero-order valence-corrected chi connectivity index (χ0v) is 13.0. The van der Waals surface area contributed by atoms with Crippen LogP contribution in [-0.2, 0) is 4.79 Å². The molecule has 0 aromatic carbocycles. The van der Waals surface area contributed by atoms with Crippen LogP contribution in [0.25, 0.3) is 0 Å². The summed E-state index contributed by atoms with van der Waals surface area (Å²) in [5, 5.41) is 1.90. The van der Waals surface area contributed by atoms with Gasteiger partial charge >= 0.3 is 6.18 Å². The van der Waals surface area contributed by atoms with Gasteiger partial charge in [-0.3, -0.25) is 9.59 Å². The van der Waals surface area contributed by atoms with Crippen molar-refractivity contribution in [1.29, 1.82) is 0 Å². The quantitative estimate of drug-likeness (QED) is 0.925. The number of furan rings is 1. The number of hydrogen-bond donors (Lipinski definition) is 1. The Morgan fingerprint density at radius 1 is 1.30 bits per heavy atom. The van der Waals surface area contributed by atoms with Crippen LogP contribution in [0.3, 0.4) is 0 Å². The van der Waals surface area contributed by atoms with Gasteiger partial charge in [0.2, 0.25) is 5.91 Å². The fourth-order valence-corrected chi connectivity index (χ4v) is 2.69. The summed E-state index contributed by atoms with van der Waals surface area (Å²) in [5.74, 6) is -0.0864. The van der Waals surface area contributed by atoms with E-state index in [0.29, 0.717) is 43.0 Å². The van der Waals surface area contributed by atoms with Gasteiger partial charge in [0.1, 0.15) is 18.1 Å². The van der Waals surface area contributed by atoms with Gasteiger partial charge in [-0.05, 0) is 32.8 Å². The lowest BCUT2D eigenvalue weighted by atomic mass is 9.95. The maximum absolute atomic E-state index is 12.4. The van der Waals surface area contributed by atoms with Crippen molar-refractivity contribution in [2.24, 2.45) is 5.92 Å².